The summed E-state index contributed by atoms with van der Waals surface area (Å²) in [4.78, 5) is 17.8. The first kappa shape index (κ1) is 16.3. The molecule has 0 atom stereocenters. The van der Waals surface area contributed by atoms with Gasteiger partial charge in [0.1, 0.15) is 0 Å². The maximum Gasteiger partial charge on any atom is 0.258 e. The van der Waals surface area contributed by atoms with Crippen LogP contribution in [0, 0.1) is 13.8 Å². The Kier molecular flexibility index (Phi) is 4.34. The lowest BCUT2D eigenvalue weighted by molar-refractivity contribution is 0.0993. The highest BCUT2D eigenvalue weighted by Crippen LogP contribution is 2.30. The van der Waals surface area contributed by atoms with Gasteiger partial charge in [-0.25, -0.2) is 0 Å². The van der Waals surface area contributed by atoms with Gasteiger partial charge >= 0.3 is 0 Å². The number of hydrogen-bond acceptors (Lipinski definition) is 1. The van der Waals surface area contributed by atoms with E-state index in [1.807, 2.05) is 43.3 Å². The fourth-order valence-electron chi connectivity index (χ4n) is 2.65. The first-order chi connectivity index (χ1) is 10.9. The standard InChI is InChI=1S/C18H16Br2N2O/c1-10-11(2)21-16-6-4-12(8-14(10)16)18(23)22(3)17-7-5-13(19)9-15(17)20/h4-9,21H,1-3H3. The van der Waals surface area contributed by atoms with E-state index in [0.717, 1.165) is 31.2 Å². The number of carbonyl (C=O) groups is 1. The second-order valence-electron chi connectivity index (χ2n) is 5.60. The molecule has 3 aromatic rings. The average Bonchev–Trinajstić information content (AvgIpc) is 2.80. The number of carbonyl (C=O) groups excluding carboxylic acids is 1. The Morgan fingerprint density at radius 3 is 2.52 bits per heavy atom. The van der Waals surface area contributed by atoms with Crippen molar-refractivity contribution in [3.05, 3.63) is 62.2 Å². The van der Waals surface area contributed by atoms with Crippen molar-refractivity contribution in [1.29, 1.82) is 0 Å². The molecule has 2 aromatic carbocycles. The lowest BCUT2D eigenvalue weighted by Crippen LogP contribution is -2.26. The molecule has 0 saturated carbocycles. The van der Waals surface area contributed by atoms with Crippen LogP contribution in [-0.4, -0.2) is 17.9 Å². The minimum absolute atomic E-state index is 0.0341. The number of nitrogens with one attached hydrogen (secondary N) is 1. The second kappa shape index (κ2) is 6.13. The largest absolute Gasteiger partial charge is 0.358 e. The van der Waals surface area contributed by atoms with Crippen molar-refractivity contribution in [3.63, 3.8) is 0 Å². The van der Waals surface area contributed by atoms with Gasteiger partial charge in [0.2, 0.25) is 0 Å². The van der Waals surface area contributed by atoms with Crippen molar-refractivity contribution in [2.75, 3.05) is 11.9 Å². The smallest absolute Gasteiger partial charge is 0.258 e. The van der Waals surface area contributed by atoms with Gasteiger partial charge in [0, 0.05) is 38.2 Å². The third-order valence-electron chi connectivity index (χ3n) is 4.13. The predicted molar refractivity (Wildman–Crippen MR) is 102 cm³/mol. The van der Waals surface area contributed by atoms with Gasteiger partial charge in [-0.15, -0.1) is 0 Å². The van der Waals surface area contributed by atoms with E-state index < -0.39 is 0 Å². The van der Waals surface area contributed by atoms with Crippen molar-refractivity contribution >= 4 is 54.4 Å². The lowest BCUT2D eigenvalue weighted by Gasteiger charge is -2.19. The highest BCUT2D eigenvalue weighted by atomic mass is 79.9. The first-order valence-electron chi connectivity index (χ1n) is 7.20. The van der Waals surface area contributed by atoms with Crippen molar-refractivity contribution in [2.24, 2.45) is 0 Å². The van der Waals surface area contributed by atoms with E-state index in [1.165, 1.54) is 5.56 Å². The van der Waals surface area contributed by atoms with Crippen LogP contribution < -0.4 is 4.90 Å². The average molecular weight is 436 g/mol. The highest BCUT2D eigenvalue weighted by Gasteiger charge is 2.17. The number of anilines is 1. The second-order valence-corrected chi connectivity index (χ2v) is 7.37. The third-order valence-corrected chi connectivity index (χ3v) is 5.26. The molecule has 3 nitrogen and oxygen atoms in total. The molecule has 0 fully saturated rings. The summed E-state index contributed by atoms with van der Waals surface area (Å²) in [6.07, 6.45) is 0. The van der Waals surface area contributed by atoms with Gasteiger partial charge < -0.3 is 9.88 Å². The number of benzene rings is 2. The van der Waals surface area contributed by atoms with Crippen molar-refractivity contribution in [1.82, 2.24) is 4.98 Å². The Balaban J connectivity index is 2.00. The Bertz CT molecular complexity index is 915. The fraction of sp³-hybridized carbons (Fsp3) is 0.167. The van der Waals surface area contributed by atoms with Gasteiger partial charge in [0.05, 0.1) is 5.69 Å². The van der Waals surface area contributed by atoms with Gasteiger partial charge in [0.15, 0.2) is 0 Å². The molecule has 23 heavy (non-hydrogen) atoms. The van der Waals surface area contributed by atoms with Crippen molar-refractivity contribution in [2.45, 2.75) is 13.8 Å². The lowest BCUT2D eigenvalue weighted by atomic mass is 10.1. The summed E-state index contributed by atoms with van der Waals surface area (Å²) in [7, 11) is 1.79. The number of fused-ring (bicyclic) bond motifs is 1. The summed E-state index contributed by atoms with van der Waals surface area (Å²) >= 11 is 6.94. The number of aromatic nitrogens is 1. The maximum absolute atomic E-state index is 12.8. The van der Waals surface area contributed by atoms with E-state index in [1.54, 1.807) is 11.9 Å². The summed E-state index contributed by atoms with van der Waals surface area (Å²) in [6, 6.07) is 11.6. The van der Waals surface area contributed by atoms with Crippen molar-refractivity contribution < 1.29 is 4.79 Å². The van der Waals surface area contributed by atoms with Crippen LogP contribution in [0.5, 0.6) is 0 Å². The molecule has 5 heteroatoms. The molecule has 0 aliphatic rings. The van der Waals surface area contributed by atoms with E-state index in [9.17, 15) is 4.79 Å². The number of H-pyrrole nitrogens is 1. The number of amides is 1. The fourth-order valence-corrected chi connectivity index (χ4v) is 3.96. The van der Waals surface area contributed by atoms with E-state index in [2.05, 4.69) is 43.8 Å². The van der Waals surface area contributed by atoms with Gasteiger partial charge in [0.25, 0.3) is 5.91 Å². The normalized spacial score (nSPS) is 11.0. The summed E-state index contributed by atoms with van der Waals surface area (Å²) in [6.45, 7) is 4.11. The molecule has 0 bridgehead atoms. The number of nitrogens with zero attached hydrogens (tertiary/aromatic N) is 1. The Morgan fingerprint density at radius 2 is 1.83 bits per heavy atom. The van der Waals surface area contributed by atoms with Gasteiger partial charge in [-0.05, 0) is 71.7 Å². The molecule has 0 unspecified atom stereocenters. The Labute approximate surface area is 151 Å². The number of halogens is 2. The van der Waals surface area contributed by atoms with Crippen LogP contribution in [-0.2, 0) is 0 Å². The number of aryl methyl sites for hydroxylation is 2. The van der Waals surface area contributed by atoms with Crippen LogP contribution in [0.2, 0.25) is 0 Å². The number of aromatic amines is 1. The van der Waals surface area contributed by atoms with Crippen LogP contribution in [0.4, 0.5) is 5.69 Å². The van der Waals surface area contributed by atoms with Gasteiger partial charge in [-0.3, -0.25) is 4.79 Å². The van der Waals surface area contributed by atoms with Crippen LogP contribution in [0.15, 0.2) is 45.3 Å². The van der Waals surface area contributed by atoms with E-state index in [4.69, 9.17) is 0 Å². The topological polar surface area (TPSA) is 36.1 Å². The summed E-state index contributed by atoms with van der Waals surface area (Å²) < 4.78 is 1.84. The third kappa shape index (κ3) is 2.95. The number of rotatable bonds is 2. The monoisotopic (exact) mass is 434 g/mol. The molecule has 118 valence electrons. The molecule has 0 aliphatic carbocycles. The minimum atomic E-state index is -0.0341. The summed E-state index contributed by atoms with van der Waals surface area (Å²) in [5.74, 6) is -0.0341. The predicted octanol–water partition coefficient (Wildman–Crippen LogP) is 5.59. The molecular weight excluding hydrogens is 420 g/mol. The molecule has 0 radical (unpaired) electrons. The molecule has 1 heterocycles. The molecule has 0 aliphatic heterocycles. The van der Waals surface area contributed by atoms with Crippen LogP contribution >= 0.6 is 31.9 Å². The maximum atomic E-state index is 12.8. The molecule has 0 spiro atoms. The van der Waals surface area contributed by atoms with Crippen molar-refractivity contribution in [3.8, 4) is 0 Å². The Morgan fingerprint density at radius 1 is 1.09 bits per heavy atom. The van der Waals surface area contributed by atoms with Gasteiger partial charge in [-0.1, -0.05) is 15.9 Å². The molecule has 1 aromatic heterocycles. The van der Waals surface area contributed by atoms with Crippen LogP contribution in [0.25, 0.3) is 10.9 Å². The quantitative estimate of drug-likeness (QED) is 0.559. The molecule has 1 amide bonds. The Hall–Kier alpha value is -1.59. The van der Waals surface area contributed by atoms with E-state index >= 15 is 0 Å². The van der Waals surface area contributed by atoms with Crippen LogP contribution in [0.3, 0.4) is 0 Å². The zero-order valence-corrected chi connectivity index (χ0v) is 16.2. The van der Waals surface area contributed by atoms with Gasteiger partial charge in [-0.2, -0.15) is 0 Å². The zero-order valence-electron chi connectivity index (χ0n) is 13.1. The molecule has 1 N–H and O–H groups in total. The van der Waals surface area contributed by atoms with E-state index in [0.29, 0.717) is 5.56 Å². The van der Waals surface area contributed by atoms with Crippen LogP contribution in [0.1, 0.15) is 21.6 Å². The molecule has 3 rings (SSSR count). The summed E-state index contributed by atoms with van der Waals surface area (Å²) in [5, 5.41) is 1.09. The highest BCUT2D eigenvalue weighted by molar-refractivity contribution is 9.11. The molecule has 0 saturated heterocycles. The zero-order chi connectivity index (χ0) is 16.7. The molecular formula is C18H16Br2N2O. The first-order valence-corrected chi connectivity index (χ1v) is 8.79. The SMILES string of the molecule is Cc1[nH]c2ccc(C(=O)N(C)c3ccc(Br)cc3Br)cc2c1C. The minimum Gasteiger partial charge on any atom is -0.358 e. The number of hydrogen-bond donors (Lipinski definition) is 1. The summed E-state index contributed by atoms with van der Waals surface area (Å²) in [5.41, 5.74) is 4.89. The van der Waals surface area contributed by atoms with E-state index in [-0.39, 0.29) is 5.91 Å².